The van der Waals surface area contributed by atoms with Crippen molar-refractivity contribution in [2.75, 3.05) is 19.0 Å². The van der Waals surface area contributed by atoms with E-state index in [0.717, 1.165) is 5.69 Å². The molecule has 0 spiro atoms. The first kappa shape index (κ1) is 13.9. The molecule has 0 aliphatic rings. The molecule has 0 fully saturated rings. The molecule has 1 amide bonds. The molecule has 2 rings (SSSR count). The van der Waals surface area contributed by atoms with Crippen molar-refractivity contribution in [1.82, 2.24) is 5.32 Å². The lowest BCUT2D eigenvalue weighted by atomic mass is 10.1. The lowest BCUT2D eigenvalue weighted by molar-refractivity contribution is 0.0951. The van der Waals surface area contributed by atoms with Crippen LogP contribution in [0.3, 0.4) is 0 Å². The highest BCUT2D eigenvalue weighted by atomic mass is 16.3. The van der Waals surface area contributed by atoms with E-state index in [0.29, 0.717) is 17.7 Å². The van der Waals surface area contributed by atoms with Crippen LogP contribution < -0.4 is 10.2 Å². The zero-order valence-electron chi connectivity index (χ0n) is 11.6. The fourth-order valence-electron chi connectivity index (χ4n) is 1.85. The molecule has 2 aromatic rings. The molecule has 2 N–H and O–H groups in total. The predicted octanol–water partition coefficient (Wildman–Crippen LogP) is 2.39. The summed E-state index contributed by atoms with van der Waals surface area (Å²) in [5.41, 5.74) is 2.35. The Morgan fingerprint density at radius 2 is 1.75 bits per heavy atom. The van der Waals surface area contributed by atoms with Crippen molar-refractivity contribution >= 4 is 11.6 Å². The van der Waals surface area contributed by atoms with Gasteiger partial charge in [0.1, 0.15) is 5.75 Å². The normalized spacial score (nSPS) is 10.1. The van der Waals surface area contributed by atoms with Gasteiger partial charge in [0.2, 0.25) is 0 Å². The van der Waals surface area contributed by atoms with E-state index in [2.05, 4.69) is 5.32 Å². The van der Waals surface area contributed by atoms with Gasteiger partial charge >= 0.3 is 0 Å². The molecule has 2 aromatic carbocycles. The maximum Gasteiger partial charge on any atom is 0.251 e. The number of nitrogens with zero attached hydrogens (tertiary/aromatic N) is 1. The van der Waals surface area contributed by atoms with Crippen molar-refractivity contribution in [3.63, 3.8) is 0 Å². The molecule has 0 aromatic heterocycles. The van der Waals surface area contributed by atoms with E-state index in [9.17, 15) is 9.90 Å². The average molecular weight is 270 g/mol. The number of rotatable bonds is 4. The van der Waals surface area contributed by atoms with Crippen molar-refractivity contribution in [2.45, 2.75) is 6.54 Å². The van der Waals surface area contributed by atoms with Gasteiger partial charge in [0, 0.05) is 37.5 Å². The first-order valence-electron chi connectivity index (χ1n) is 6.40. The highest BCUT2D eigenvalue weighted by Crippen LogP contribution is 2.16. The Labute approximate surface area is 118 Å². The van der Waals surface area contributed by atoms with Crippen LogP contribution in [0.4, 0.5) is 5.69 Å². The van der Waals surface area contributed by atoms with Crippen LogP contribution in [0.25, 0.3) is 0 Å². The summed E-state index contributed by atoms with van der Waals surface area (Å²) in [6.45, 7) is 0.306. The fraction of sp³-hybridized carbons (Fsp3) is 0.188. The third-order valence-corrected chi connectivity index (χ3v) is 3.08. The number of para-hydroxylation sites is 1. The van der Waals surface area contributed by atoms with Crippen molar-refractivity contribution < 1.29 is 9.90 Å². The molecule has 0 aliphatic carbocycles. The second-order valence-electron chi connectivity index (χ2n) is 4.75. The van der Waals surface area contributed by atoms with Crippen LogP contribution in [0.1, 0.15) is 15.9 Å². The molecule has 4 heteroatoms. The van der Waals surface area contributed by atoms with Crippen molar-refractivity contribution in [3.05, 3.63) is 59.7 Å². The summed E-state index contributed by atoms with van der Waals surface area (Å²) in [5, 5.41) is 12.4. The largest absolute Gasteiger partial charge is 0.508 e. The van der Waals surface area contributed by atoms with Gasteiger partial charge in [-0.25, -0.2) is 0 Å². The molecule has 0 saturated heterocycles. The minimum atomic E-state index is -0.154. The van der Waals surface area contributed by atoms with Crippen LogP contribution >= 0.6 is 0 Å². The van der Waals surface area contributed by atoms with Crippen LogP contribution in [-0.4, -0.2) is 25.1 Å². The summed E-state index contributed by atoms with van der Waals surface area (Å²) in [6, 6.07) is 14.3. The highest BCUT2D eigenvalue weighted by Gasteiger charge is 2.07. The maximum absolute atomic E-state index is 12.0. The number of carbonyl (C=O) groups excluding carboxylic acids is 1. The summed E-state index contributed by atoms with van der Waals surface area (Å²) in [5.74, 6) is 0.0364. The van der Waals surface area contributed by atoms with Crippen LogP contribution in [-0.2, 0) is 6.54 Å². The van der Waals surface area contributed by atoms with E-state index in [1.165, 1.54) is 0 Å². The second kappa shape index (κ2) is 6.10. The van der Waals surface area contributed by atoms with Gasteiger partial charge in [0.05, 0.1) is 0 Å². The van der Waals surface area contributed by atoms with Gasteiger partial charge in [0.15, 0.2) is 0 Å². The lowest BCUT2D eigenvalue weighted by Crippen LogP contribution is -2.22. The molecule has 0 saturated carbocycles. The molecular weight excluding hydrogens is 252 g/mol. The van der Waals surface area contributed by atoms with Gasteiger partial charge in [-0.3, -0.25) is 4.79 Å². The number of carbonyl (C=O) groups is 1. The van der Waals surface area contributed by atoms with E-state index >= 15 is 0 Å². The molecule has 0 atom stereocenters. The lowest BCUT2D eigenvalue weighted by Gasteiger charge is -2.12. The monoisotopic (exact) mass is 270 g/mol. The van der Waals surface area contributed by atoms with Crippen LogP contribution in [0.15, 0.2) is 48.5 Å². The zero-order valence-corrected chi connectivity index (χ0v) is 11.6. The van der Waals surface area contributed by atoms with Gasteiger partial charge < -0.3 is 15.3 Å². The molecule has 4 nitrogen and oxygen atoms in total. The second-order valence-corrected chi connectivity index (χ2v) is 4.75. The van der Waals surface area contributed by atoms with Gasteiger partial charge in [-0.1, -0.05) is 18.2 Å². The first-order chi connectivity index (χ1) is 9.58. The predicted molar refractivity (Wildman–Crippen MR) is 80.0 cm³/mol. The number of aromatic hydroxyl groups is 1. The summed E-state index contributed by atoms with van der Waals surface area (Å²) >= 11 is 0. The van der Waals surface area contributed by atoms with E-state index in [1.54, 1.807) is 30.3 Å². The quantitative estimate of drug-likeness (QED) is 0.897. The molecule has 20 heavy (non-hydrogen) atoms. The Morgan fingerprint density at radius 1 is 1.10 bits per heavy atom. The van der Waals surface area contributed by atoms with Crippen molar-refractivity contribution in [1.29, 1.82) is 0 Å². The Kier molecular flexibility index (Phi) is 4.25. The number of hydrogen-bond acceptors (Lipinski definition) is 3. The molecule has 0 radical (unpaired) electrons. The van der Waals surface area contributed by atoms with Crippen LogP contribution in [0.2, 0.25) is 0 Å². The van der Waals surface area contributed by atoms with Crippen molar-refractivity contribution in [2.24, 2.45) is 0 Å². The van der Waals surface area contributed by atoms with E-state index in [1.807, 2.05) is 37.2 Å². The molecule has 0 unspecified atom stereocenters. The summed E-state index contributed by atoms with van der Waals surface area (Å²) in [4.78, 5) is 14.0. The van der Waals surface area contributed by atoms with E-state index in [-0.39, 0.29) is 11.7 Å². The molecule has 0 heterocycles. The SMILES string of the molecule is CN(C)c1ccc(C(=O)NCc2ccccc2O)cc1. The zero-order chi connectivity index (χ0) is 14.5. The number of amides is 1. The topological polar surface area (TPSA) is 52.6 Å². The number of phenolic OH excluding ortho intramolecular Hbond substituents is 1. The van der Waals surface area contributed by atoms with Gasteiger partial charge in [-0.05, 0) is 30.3 Å². The molecule has 0 aliphatic heterocycles. The maximum atomic E-state index is 12.0. The Morgan fingerprint density at radius 3 is 2.35 bits per heavy atom. The van der Waals surface area contributed by atoms with Gasteiger partial charge in [-0.2, -0.15) is 0 Å². The number of anilines is 1. The van der Waals surface area contributed by atoms with E-state index in [4.69, 9.17) is 0 Å². The van der Waals surface area contributed by atoms with Crippen LogP contribution in [0, 0.1) is 0 Å². The molecule has 104 valence electrons. The molecular formula is C16H18N2O2. The minimum absolute atomic E-state index is 0.154. The third kappa shape index (κ3) is 3.29. The number of hydrogen-bond donors (Lipinski definition) is 2. The van der Waals surface area contributed by atoms with E-state index < -0.39 is 0 Å². The number of nitrogens with one attached hydrogen (secondary N) is 1. The summed E-state index contributed by atoms with van der Waals surface area (Å²) < 4.78 is 0. The smallest absolute Gasteiger partial charge is 0.251 e. The van der Waals surface area contributed by atoms with Crippen LogP contribution in [0.5, 0.6) is 5.75 Å². The summed E-state index contributed by atoms with van der Waals surface area (Å²) in [6.07, 6.45) is 0. The number of benzene rings is 2. The standard InChI is InChI=1S/C16H18N2O2/c1-18(2)14-9-7-12(8-10-14)16(20)17-11-13-5-3-4-6-15(13)19/h3-10,19H,11H2,1-2H3,(H,17,20). The Hall–Kier alpha value is -2.49. The number of phenols is 1. The van der Waals surface area contributed by atoms with Crippen molar-refractivity contribution in [3.8, 4) is 5.75 Å². The molecule has 0 bridgehead atoms. The van der Waals surface area contributed by atoms with Gasteiger partial charge in [0.25, 0.3) is 5.91 Å². The first-order valence-corrected chi connectivity index (χ1v) is 6.40. The summed E-state index contributed by atoms with van der Waals surface area (Å²) in [7, 11) is 3.90. The Balaban J connectivity index is 2.00. The minimum Gasteiger partial charge on any atom is -0.508 e. The highest BCUT2D eigenvalue weighted by molar-refractivity contribution is 5.94. The fourth-order valence-corrected chi connectivity index (χ4v) is 1.85. The van der Waals surface area contributed by atoms with Gasteiger partial charge in [-0.15, -0.1) is 0 Å². The third-order valence-electron chi connectivity index (χ3n) is 3.08. The average Bonchev–Trinajstić information content (AvgIpc) is 2.46. The Bertz CT molecular complexity index is 592.